The van der Waals surface area contributed by atoms with Gasteiger partial charge in [0.1, 0.15) is 5.82 Å². The first-order chi connectivity index (χ1) is 13.2. The lowest BCUT2D eigenvalue weighted by atomic mass is 9.94. The average Bonchev–Trinajstić information content (AvgIpc) is 2.73. The minimum absolute atomic E-state index is 0.255. The summed E-state index contributed by atoms with van der Waals surface area (Å²) in [6.45, 7) is 0. The van der Waals surface area contributed by atoms with E-state index in [1.54, 1.807) is 26.4 Å². The molecule has 0 N–H and O–H groups in total. The number of ether oxygens (including phenoxy) is 2. The number of hydrogen-bond donors (Lipinski definition) is 0. The van der Waals surface area contributed by atoms with E-state index in [9.17, 15) is 4.39 Å². The van der Waals surface area contributed by atoms with Gasteiger partial charge in [-0.25, -0.2) is 4.39 Å². The standard InChI is InChI=1S/C24H19FO2/c1-26-23-15-21(17-8-11-19(25)12-9-17)20-13-10-18(14-22(20)24(23)27-2)16-6-4-3-5-7-16/h3-15H,1-2H3. The van der Waals surface area contributed by atoms with Crippen LogP contribution in [0.25, 0.3) is 33.0 Å². The van der Waals surface area contributed by atoms with Crippen LogP contribution in [-0.2, 0) is 0 Å². The predicted octanol–water partition coefficient (Wildman–Crippen LogP) is 6.33. The molecule has 0 aliphatic heterocycles. The highest BCUT2D eigenvalue weighted by molar-refractivity contribution is 6.03. The molecule has 0 amide bonds. The zero-order valence-electron chi connectivity index (χ0n) is 15.2. The van der Waals surface area contributed by atoms with Crippen molar-refractivity contribution in [3.63, 3.8) is 0 Å². The molecule has 0 atom stereocenters. The van der Waals surface area contributed by atoms with E-state index in [4.69, 9.17) is 9.47 Å². The Bertz CT molecular complexity index is 1090. The lowest BCUT2D eigenvalue weighted by Crippen LogP contribution is -1.94. The normalized spacial score (nSPS) is 10.8. The molecule has 0 aliphatic carbocycles. The molecule has 2 nitrogen and oxygen atoms in total. The molecule has 0 aliphatic rings. The largest absolute Gasteiger partial charge is 0.493 e. The van der Waals surface area contributed by atoms with Gasteiger partial charge in [-0.1, -0.05) is 54.6 Å². The molecule has 0 saturated heterocycles. The smallest absolute Gasteiger partial charge is 0.168 e. The van der Waals surface area contributed by atoms with Crippen LogP contribution < -0.4 is 9.47 Å². The van der Waals surface area contributed by atoms with Gasteiger partial charge in [-0.05, 0) is 51.9 Å². The number of methoxy groups -OCH3 is 2. The average molecular weight is 358 g/mol. The summed E-state index contributed by atoms with van der Waals surface area (Å²) in [7, 11) is 3.27. The quantitative estimate of drug-likeness (QED) is 0.424. The van der Waals surface area contributed by atoms with Crippen LogP contribution in [0, 0.1) is 5.82 Å². The third-order valence-corrected chi connectivity index (χ3v) is 4.74. The highest BCUT2D eigenvalue weighted by Gasteiger charge is 2.15. The van der Waals surface area contributed by atoms with Gasteiger partial charge >= 0.3 is 0 Å². The zero-order valence-corrected chi connectivity index (χ0v) is 15.2. The Morgan fingerprint density at radius 2 is 1.33 bits per heavy atom. The van der Waals surface area contributed by atoms with E-state index in [1.807, 2.05) is 24.3 Å². The maximum absolute atomic E-state index is 13.4. The summed E-state index contributed by atoms with van der Waals surface area (Å²) >= 11 is 0. The fraction of sp³-hybridized carbons (Fsp3) is 0.0833. The van der Waals surface area contributed by atoms with Gasteiger partial charge in [0, 0.05) is 5.39 Å². The molecule has 134 valence electrons. The molecule has 0 fully saturated rings. The molecule has 27 heavy (non-hydrogen) atoms. The lowest BCUT2D eigenvalue weighted by Gasteiger charge is -2.16. The van der Waals surface area contributed by atoms with Crippen molar-refractivity contribution in [3.05, 3.63) is 84.7 Å². The molecule has 0 heterocycles. The second-order valence-electron chi connectivity index (χ2n) is 6.29. The van der Waals surface area contributed by atoms with E-state index in [0.29, 0.717) is 11.5 Å². The maximum Gasteiger partial charge on any atom is 0.168 e. The van der Waals surface area contributed by atoms with E-state index >= 15 is 0 Å². The van der Waals surface area contributed by atoms with Crippen molar-refractivity contribution in [3.8, 4) is 33.8 Å². The summed E-state index contributed by atoms with van der Waals surface area (Å²) in [4.78, 5) is 0. The molecule has 0 radical (unpaired) electrons. The van der Waals surface area contributed by atoms with E-state index in [-0.39, 0.29) is 5.82 Å². The zero-order chi connectivity index (χ0) is 18.8. The molecule has 0 saturated carbocycles. The van der Waals surface area contributed by atoms with E-state index in [0.717, 1.165) is 33.0 Å². The molecule has 4 rings (SSSR count). The van der Waals surface area contributed by atoms with Crippen LogP contribution in [0.1, 0.15) is 0 Å². The van der Waals surface area contributed by atoms with E-state index < -0.39 is 0 Å². The number of rotatable bonds is 4. The molecular weight excluding hydrogens is 339 g/mol. The minimum Gasteiger partial charge on any atom is -0.493 e. The first kappa shape index (κ1) is 17.1. The van der Waals surface area contributed by atoms with Gasteiger partial charge in [-0.3, -0.25) is 0 Å². The Balaban J connectivity index is 2.01. The molecule has 0 spiro atoms. The lowest BCUT2D eigenvalue weighted by molar-refractivity contribution is 0.358. The van der Waals surface area contributed by atoms with Gasteiger partial charge in [-0.2, -0.15) is 0 Å². The van der Waals surface area contributed by atoms with Crippen molar-refractivity contribution in [2.75, 3.05) is 14.2 Å². The van der Waals surface area contributed by atoms with Crippen molar-refractivity contribution in [2.24, 2.45) is 0 Å². The van der Waals surface area contributed by atoms with Gasteiger partial charge in [0.25, 0.3) is 0 Å². The molecule has 0 unspecified atom stereocenters. The Morgan fingerprint density at radius 3 is 2.00 bits per heavy atom. The SMILES string of the molecule is COc1cc(-c2ccc(F)cc2)c2ccc(-c3ccccc3)cc2c1OC. The van der Waals surface area contributed by atoms with Crippen molar-refractivity contribution in [1.29, 1.82) is 0 Å². The molecule has 4 aromatic rings. The predicted molar refractivity (Wildman–Crippen MR) is 108 cm³/mol. The summed E-state index contributed by atoms with van der Waals surface area (Å²) in [6, 6.07) is 24.9. The maximum atomic E-state index is 13.4. The van der Waals surface area contributed by atoms with Crippen molar-refractivity contribution < 1.29 is 13.9 Å². The highest BCUT2D eigenvalue weighted by atomic mass is 19.1. The second kappa shape index (κ2) is 7.12. The second-order valence-corrected chi connectivity index (χ2v) is 6.29. The molecular formula is C24H19FO2. The molecule has 0 bridgehead atoms. The fourth-order valence-corrected chi connectivity index (χ4v) is 3.41. The Kier molecular flexibility index (Phi) is 4.51. The summed E-state index contributed by atoms with van der Waals surface area (Å²) in [6.07, 6.45) is 0. The van der Waals surface area contributed by atoms with Crippen LogP contribution >= 0.6 is 0 Å². The van der Waals surface area contributed by atoms with Crippen molar-refractivity contribution in [2.45, 2.75) is 0 Å². The van der Waals surface area contributed by atoms with Crippen LogP contribution in [0.4, 0.5) is 4.39 Å². The first-order valence-corrected chi connectivity index (χ1v) is 8.71. The van der Waals surface area contributed by atoms with Crippen LogP contribution in [0.3, 0.4) is 0 Å². The van der Waals surface area contributed by atoms with Gasteiger partial charge in [0.2, 0.25) is 0 Å². The number of halogens is 1. The monoisotopic (exact) mass is 358 g/mol. The topological polar surface area (TPSA) is 18.5 Å². The molecule has 3 heteroatoms. The van der Waals surface area contributed by atoms with Crippen LogP contribution in [0.5, 0.6) is 11.5 Å². The molecule has 0 aromatic heterocycles. The third-order valence-electron chi connectivity index (χ3n) is 4.74. The number of fused-ring (bicyclic) bond motifs is 1. The number of hydrogen-bond acceptors (Lipinski definition) is 2. The van der Waals surface area contributed by atoms with Crippen molar-refractivity contribution in [1.82, 2.24) is 0 Å². The first-order valence-electron chi connectivity index (χ1n) is 8.71. The summed E-state index contributed by atoms with van der Waals surface area (Å²) in [5.41, 5.74) is 4.13. The van der Waals surface area contributed by atoms with E-state index in [2.05, 4.69) is 30.3 Å². The van der Waals surface area contributed by atoms with Gasteiger partial charge < -0.3 is 9.47 Å². The van der Waals surface area contributed by atoms with E-state index in [1.165, 1.54) is 12.1 Å². The summed E-state index contributed by atoms with van der Waals surface area (Å²) < 4.78 is 24.6. The third kappa shape index (κ3) is 3.13. The van der Waals surface area contributed by atoms with Crippen molar-refractivity contribution >= 4 is 10.8 Å². The van der Waals surface area contributed by atoms with Crippen LogP contribution in [-0.4, -0.2) is 14.2 Å². The highest BCUT2D eigenvalue weighted by Crippen LogP contribution is 2.43. The fourth-order valence-electron chi connectivity index (χ4n) is 3.41. The molecule has 4 aromatic carbocycles. The Morgan fingerprint density at radius 1 is 0.630 bits per heavy atom. The van der Waals surface area contributed by atoms with Gasteiger partial charge in [-0.15, -0.1) is 0 Å². The minimum atomic E-state index is -0.255. The van der Waals surface area contributed by atoms with Gasteiger partial charge in [0.15, 0.2) is 11.5 Å². The Labute approximate surface area is 157 Å². The van der Waals surface area contributed by atoms with Gasteiger partial charge in [0.05, 0.1) is 14.2 Å². The number of benzene rings is 4. The summed E-state index contributed by atoms with van der Waals surface area (Å²) in [5, 5.41) is 1.98. The van der Waals surface area contributed by atoms with Crippen LogP contribution in [0.15, 0.2) is 78.9 Å². The Hall–Kier alpha value is -3.33. The van der Waals surface area contributed by atoms with Crippen LogP contribution in [0.2, 0.25) is 0 Å². The summed E-state index contributed by atoms with van der Waals surface area (Å²) in [5.74, 6) is 1.08.